The van der Waals surface area contributed by atoms with E-state index in [0.29, 0.717) is 53.5 Å². The van der Waals surface area contributed by atoms with Gasteiger partial charge in [0, 0.05) is 37.0 Å². The Morgan fingerprint density at radius 3 is 2.70 bits per heavy atom. The first-order valence-electron chi connectivity index (χ1n) is 9.83. The first-order chi connectivity index (χ1) is 14.1. The molecular weight excluding hydrogens is 411 g/mol. The maximum Gasteiger partial charge on any atom is 0.259 e. The lowest BCUT2D eigenvalue weighted by Crippen LogP contribution is -2.34. The monoisotopic (exact) mass is 432 g/mol. The molecule has 9 heteroatoms. The molecule has 2 fully saturated rings. The van der Waals surface area contributed by atoms with Gasteiger partial charge in [0.25, 0.3) is 11.6 Å². The van der Waals surface area contributed by atoms with E-state index in [9.17, 15) is 14.3 Å². The van der Waals surface area contributed by atoms with Crippen LogP contribution < -0.4 is 10.6 Å². The lowest BCUT2D eigenvalue weighted by molar-refractivity contribution is 0.0928. The van der Waals surface area contributed by atoms with Crippen LogP contribution in [0.2, 0.25) is 0 Å². The second kappa shape index (κ2) is 8.29. The molecule has 5 rings (SSSR count). The van der Waals surface area contributed by atoms with Crippen LogP contribution in [0.15, 0.2) is 34.9 Å². The van der Waals surface area contributed by atoms with Gasteiger partial charge in [-0.05, 0) is 43.2 Å². The molecule has 2 unspecified atom stereocenters. The summed E-state index contributed by atoms with van der Waals surface area (Å²) in [6, 6.07) is 7.64. The maximum absolute atomic E-state index is 13.3. The molecule has 7 nitrogen and oxygen atoms in total. The van der Waals surface area contributed by atoms with Crippen molar-refractivity contribution in [3.05, 3.63) is 47.4 Å². The quantitative estimate of drug-likeness (QED) is 0.573. The highest BCUT2D eigenvalue weighted by Crippen LogP contribution is 2.43. The van der Waals surface area contributed by atoms with Crippen LogP contribution in [-0.4, -0.2) is 46.9 Å². The third-order valence-electron chi connectivity index (χ3n) is 5.65. The number of benzene rings is 1. The van der Waals surface area contributed by atoms with Crippen molar-refractivity contribution in [2.45, 2.75) is 24.9 Å². The van der Waals surface area contributed by atoms with E-state index < -0.39 is 6.10 Å². The lowest BCUT2D eigenvalue weighted by Gasteiger charge is -2.15. The highest BCUT2D eigenvalue weighted by molar-refractivity contribution is 6.07. The van der Waals surface area contributed by atoms with Gasteiger partial charge in [0.05, 0.1) is 28.4 Å². The fourth-order valence-corrected chi connectivity index (χ4v) is 3.80. The highest BCUT2D eigenvalue weighted by atomic mass is 35.5. The van der Waals surface area contributed by atoms with Crippen molar-refractivity contribution in [1.29, 1.82) is 0 Å². The summed E-state index contributed by atoms with van der Waals surface area (Å²) in [6.07, 6.45) is 1.56. The van der Waals surface area contributed by atoms with Gasteiger partial charge in [-0.25, -0.2) is 9.37 Å². The fraction of sp³-hybridized carbons (Fsp3) is 0.381. The zero-order chi connectivity index (χ0) is 20.0. The zero-order valence-electron chi connectivity index (χ0n) is 16.1. The molecule has 3 aromatic rings. The Kier molecular flexibility index (Phi) is 5.73. The van der Waals surface area contributed by atoms with Crippen molar-refractivity contribution in [3.8, 4) is 11.3 Å². The largest absolute Gasteiger partial charge is 0.391 e. The minimum Gasteiger partial charge on any atom is -0.391 e. The Hall–Kier alpha value is -2.55. The molecule has 2 aliphatic rings. The number of halogens is 2. The number of nitrogens with one attached hydrogen (secondary N) is 2. The Morgan fingerprint density at radius 1 is 1.27 bits per heavy atom. The third-order valence-corrected chi connectivity index (χ3v) is 5.65. The molecule has 1 aromatic carbocycles. The molecule has 3 N–H and O–H groups in total. The van der Waals surface area contributed by atoms with Gasteiger partial charge in [0.15, 0.2) is 0 Å². The summed E-state index contributed by atoms with van der Waals surface area (Å²) in [5.74, 6) is -0.336. The summed E-state index contributed by atoms with van der Waals surface area (Å²) in [5.41, 5.74) is 2.72. The standard InChI is InChI=1S/C21H21FN4O3.ClH/c22-14-5-3-11(4-6-14)16-7-15(20(28)24-9-13-8-23-10-17(13)27)18-19(12-1-2-12)26-29-21(18)25-16;/h3-7,12-13,17,23,27H,1-2,8-10H2,(H,24,28);1H. The van der Waals surface area contributed by atoms with E-state index in [1.165, 1.54) is 12.1 Å². The van der Waals surface area contributed by atoms with Crippen molar-refractivity contribution < 1.29 is 18.8 Å². The van der Waals surface area contributed by atoms with Crippen LogP contribution in [0.25, 0.3) is 22.4 Å². The average molecular weight is 433 g/mol. The number of rotatable bonds is 5. The SMILES string of the molecule is Cl.O=C(NCC1CNCC1O)c1cc(-c2ccc(F)cc2)nc2onc(C3CC3)c12. The van der Waals surface area contributed by atoms with Crippen LogP contribution in [0, 0.1) is 11.7 Å². The van der Waals surface area contributed by atoms with Crippen LogP contribution in [0.4, 0.5) is 4.39 Å². The topological polar surface area (TPSA) is 100 Å². The first-order valence-corrected chi connectivity index (χ1v) is 9.83. The van der Waals surface area contributed by atoms with Crippen LogP contribution in [0.3, 0.4) is 0 Å². The van der Waals surface area contributed by atoms with Crippen LogP contribution in [0.5, 0.6) is 0 Å². The van der Waals surface area contributed by atoms with Gasteiger partial charge in [-0.2, -0.15) is 0 Å². The average Bonchev–Trinajstić information content (AvgIpc) is 3.35. The van der Waals surface area contributed by atoms with Crippen molar-refractivity contribution in [2.75, 3.05) is 19.6 Å². The number of carbonyl (C=O) groups is 1. The Labute approximate surface area is 178 Å². The van der Waals surface area contributed by atoms with Crippen molar-refractivity contribution in [3.63, 3.8) is 0 Å². The molecule has 1 saturated carbocycles. The molecule has 1 amide bonds. The van der Waals surface area contributed by atoms with Crippen molar-refractivity contribution in [2.24, 2.45) is 5.92 Å². The van der Waals surface area contributed by atoms with E-state index in [1.807, 2.05) is 0 Å². The number of carbonyl (C=O) groups excluding carboxylic acids is 1. The van der Waals surface area contributed by atoms with E-state index in [2.05, 4.69) is 20.8 Å². The van der Waals surface area contributed by atoms with Gasteiger partial charge in [-0.1, -0.05) is 5.16 Å². The Bertz CT molecular complexity index is 1070. The number of β-amino-alcohol motifs (C(OH)–C–C–N with tert-alkyl or cyclic N) is 1. The number of aliphatic hydroxyl groups is 1. The molecule has 1 saturated heterocycles. The van der Waals surface area contributed by atoms with Gasteiger partial charge >= 0.3 is 0 Å². The number of hydrogen-bond acceptors (Lipinski definition) is 6. The summed E-state index contributed by atoms with van der Waals surface area (Å²) in [6.45, 7) is 1.56. The van der Waals surface area contributed by atoms with Gasteiger partial charge < -0.3 is 20.3 Å². The smallest absolute Gasteiger partial charge is 0.259 e. The number of aliphatic hydroxyl groups excluding tert-OH is 1. The summed E-state index contributed by atoms with van der Waals surface area (Å²) >= 11 is 0. The van der Waals surface area contributed by atoms with E-state index >= 15 is 0 Å². The molecule has 0 bridgehead atoms. The summed E-state index contributed by atoms with van der Waals surface area (Å²) in [5, 5.41) is 20.8. The van der Waals surface area contributed by atoms with Crippen molar-refractivity contribution >= 4 is 29.4 Å². The molecule has 3 heterocycles. The van der Waals surface area contributed by atoms with Crippen LogP contribution in [-0.2, 0) is 0 Å². The third kappa shape index (κ3) is 3.90. The molecule has 30 heavy (non-hydrogen) atoms. The molecule has 1 aliphatic heterocycles. The minimum atomic E-state index is -0.472. The maximum atomic E-state index is 13.3. The Balaban J connectivity index is 0.00000218. The lowest BCUT2D eigenvalue weighted by atomic mass is 10.0. The number of hydrogen-bond donors (Lipinski definition) is 3. The summed E-state index contributed by atoms with van der Waals surface area (Å²) < 4.78 is 18.8. The number of amides is 1. The number of fused-ring (bicyclic) bond motifs is 1. The van der Waals surface area contributed by atoms with E-state index in [0.717, 1.165) is 18.5 Å². The van der Waals surface area contributed by atoms with E-state index in [1.54, 1.807) is 18.2 Å². The predicted molar refractivity (Wildman–Crippen MR) is 111 cm³/mol. The molecule has 158 valence electrons. The summed E-state index contributed by atoms with van der Waals surface area (Å²) in [7, 11) is 0. The van der Waals surface area contributed by atoms with Crippen LogP contribution >= 0.6 is 12.4 Å². The highest BCUT2D eigenvalue weighted by Gasteiger charge is 2.32. The van der Waals surface area contributed by atoms with Gasteiger partial charge in [-0.15, -0.1) is 12.4 Å². The molecule has 0 radical (unpaired) electrons. The molecule has 0 spiro atoms. The molecule has 1 aliphatic carbocycles. The molecule has 2 atom stereocenters. The number of aromatic nitrogens is 2. The first kappa shape index (κ1) is 20.7. The van der Waals surface area contributed by atoms with Gasteiger partial charge in [0.1, 0.15) is 5.82 Å². The second-order valence-corrected chi connectivity index (χ2v) is 7.78. The summed E-state index contributed by atoms with van der Waals surface area (Å²) in [4.78, 5) is 17.6. The van der Waals surface area contributed by atoms with Gasteiger partial charge in [-0.3, -0.25) is 4.79 Å². The zero-order valence-corrected chi connectivity index (χ0v) is 16.9. The predicted octanol–water partition coefficient (Wildman–Crippen LogP) is 2.64. The molecule has 2 aromatic heterocycles. The van der Waals surface area contributed by atoms with E-state index in [-0.39, 0.29) is 30.0 Å². The molecular formula is C21H22ClFN4O3. The number of pyridine rings is 1. The van der Waals surface area contributed by atoms with E-state index in [4.69, 9.17) is 4.52 Å². The Morgan fingerprint density at radius 2 is 2.03 bits per heavy atom. The fourth-order valence-electron chi connectivity index (χ4n) is 3.80. The van der Waals surface area contributed by atoms with Crippen LogP contribution in [0.1, 0.15) is 34.8 Å². The van der Waals surface area contributed by atoms with Crippen molar-refractivity contribution in [1.82, 2.24) is 20.8 Å². The second-order valence-electron chi connectivity index (χ2n) is 7.78. The minimum absolute atomic E-state index is 0. The van der Waals surface area contributed by atoms with Gasteiger partial charge in [0.2, 0.25) is 0 Å². The normalized spacial score (nSPS) is 20.9. The number of nitrogens with zero attached hydrogens (tertiary/aromatic N) is 2.